The number of rotatable bonds is 8. The van der Waals surface area contributed by atoms with Gasteiger partial charge < -0.3 is 15.2 Å². The maximum atomic E-state index is 9.35. The molecule has 15 heavy (non-hydrogen) atoms. The SMILES string of the molecule is CC(C)COCCC(C)(CO)NC1CC1. The fourth-order valence-electron chi connectivity index (χ4n) is 1.53. The molecule has 1 fully saturated rings. The van der Waals surface area contributed by atoms with Crippen LogP contribution in [0, 0.1) is 5.92 Å². The molecule has 0 aromatic rings. The van der Waals surface area contributed by atoms with Gasteiger partial charge in [0.25, 0.3) is 0 Å². The first kappa shape index (κ1) is 12.9. The molecule has 1 rings (SSSR count). The summed E-state index contributed by atoms with van der Waals surface area (Å²) in [4.78, 5) is 0. The van der Waals surface area contributed by atoms with Gasteiger partial charge in [0.1, 0.15) is 0 Å². The van der Waals surface area contributed by atoms with E-state index in [2.05, 4.69) is 26.1 Å². The smallest absolute Gasteiger partial charge is 0.0611 e. The van der Waals surface area contributed by atoms with Crippen molar-refractivity contribution in [3.63, 3.8) is 0 Å². The molecule has 0 heterocycles. The lowest BCUT2D eigenvalue weighted by Crippen LogP contribution is -2.47. The van der Waals surface area contributed by atoms with Crippen molar-refractivity contribution in [2.75, 3.05) is 19.8 Å². The quantitative estimate of drug-likeness (QED) is 0.604. The number of hydrogen-bond donors (Lipinski definition) is 2. The predicted molar refractivity (Wildman–Crippen MR) is 61.9 cm³/mol. The largest absolute Gasteiger partial charge is 0.394 e. The van der Waals surface area contributed by atoms with Gasteiger partial charge in [0, 0.05) is 24.8 Å². The number of hydrogen-bond acceptors (Lipinski definition) is 3. The van der Waals surface area contributed by atoms with Gasteiger partial charge >= 0.3 is 0 Å². The Bertz CT molecular complexity index is 180. The summed E-state index contributed by atoms with van der Waals surface area (Å²) < 4.78 is 5.54. The summed E-state index contributed by atoms with van der Waals surface area (Å²) in [6.07, 6.45) is 3.39. The van der Waals surface area contributed by atoms with E-state index in [1.54, 1.807) is 0 Å². The van der Waals surface area contributed by atoms with Crippen LogP contribution in [0.5, 0.6) is 0 Å². The molecule has 0 amide bonds. The fraction of sp³-hybridized carbons (Fsp3) is 1.00. The Morgan fingerprint density at radius 2 is 2.13 bits per heavy atom. The Morgan fingerprint density at radius 3 is 2.60 bits per heavy atom. The molecule has 0 aromatic carbocycles. The zero-order chi connectivity index (χ0) is 11.3. The molecule has 0 spiro atoms. The zero-order valence-corrected chi connectivity index (χ0v) is 10.3. The molecule has 0 saturated heterocycles. The topological polar surface area (TPSA) is 41.5 Å². The molecule has 0 bridgehead atoms. The van der Waals surface area contributed by atoms with E-state index >= 15 is 0 Å². The van der Waals surface area contributed by atoms with Crippen LogP contribution in [0.25, 0.3) is 0 Å². The van der Waals surface area contributed by atoms with Gasteiger partial charge in [0.15, 0.2) is 0 Å². The summed E-state index contributed by atoms with van der Waals surface area (Å²) in [5.74, 6) is 0.585. The molecule has 1 aliphatic carbocycles. The van der Waals surface area contributed by atoms with E-state index in [-0.39, 0.29) is 12.1 Å². The predicted octanol–water partition coefficient (Wildman–Crippen LogP) is 1.55. The van der Waals surface area contributed by atoms with Gasteiger partial charge in [-0.05, 0) is 32.1 Å². The first-order chi connectivity index (χ1) is 7.06. The van der Waals surface area contributed by atoms with Crippen molar-refractivity contribution in [1.82, 2.24) is 5.32 Å². The molecule has 1 unspecified atom stereocenters. The highest BCUT2D eigenvalue weighted by atomic mass is 16.5. The number of nitrogens with one attached hydrogen (secondary N) is 1. The maximum absolute atomic E-state index is 9.35. The Hall–Kier alpha value is -0.120. The Kier molecular flexibility index (Phi) is 5.03. The van der Waals surface area contributed by atoms with Crippen LogP contribution < -0.4 is 5.32 Å². The van der Waals surface area contributed by atoms with E-state index in [4.69, 9.17) is 4.74 Å². The van der Waals surface area contributed by atoms with Crippen molar-refractivity contribution in [1.29, 1.82) is 0 Å². The minimum atomic E-state index is -0.155. The van der Waals surface area contributed by atoms with Crippen LogP contribution in [0.3, 0.4) is 0 Å². The molecule has 3 heteroatoms. The summed E-state index contributed by atoms with van der Waals surface area (Å²) in [6, 6.07) is 0.632. The second kappa shape index (κ2) is 5.83. The highest BCUT2D eigenvalue weighted by molar-refractivity contribution is 4.92. The van der Waals surface area contributed by atoms with Gasteiger partial charge in [-0.3, -0.25) is 0 Å². The minimum absolute atomic E-state index is 0.155. The second-order valence-corrected chi connectivity index (χ2v) is 5.36. The third-order valence-electron chi connectivity index (χ3n) is 2.73. The normalized spacial score (nSPS) is 20.6. The third-order valence-corrected chi connectivity index (χ3v) is 2.73. The van der Waals surface area contributed by atoms with Gasteiger partial charge in [-0.15, -0.1) is 0 Å². The van der Waals surface area contributed by atoms with Crippen molar-refractivity contribution < 1.29 is 9.84 Å². The number of ether oxygens (including phenoxy) is 1. The van der Waals surface area contributed by atoms with Crippen molar-refractivity contribution >= 4 is 0 Å². The Labute approximate surface area is 93.2 Å². The van der Waals surface area contributed by atoms with Crippen LogP contribution in [-0.4, -0.2) is 36.5 Å². The average molecular weight is 215 g/mol. The fourth-order valence-corrected chi connectivity index (χ4v) is 1.53. The summed E-state index contributed by atoms with van der Waals surface area (Å²) >= 11 is 0. The summed E-state index contributed by atoms with van der Waals surface area (Å²) in [5.41, 5.74) is -0.155. The van der Waals surface area contributed by atoms with Gasteiger partial charge in [-0.25, -0.2) is 0 Å². The Balaban J connectivity index is 2.13. The summed E-state index contributed by atoms with van der Waals surface area (Å²) in [5, 5.41) is 12.8. The molecule has 1 atom stereocenters. The molecule has 0 aromatic heterocycles. The van der Waals surface area contributed by atoms with Gasteiger partial charge in [-0.2, -0.15) is 0 Å². The van der Waals surface area contributed by atoms with E-state index in [9.17, 15) is 5.11 Å². The van der Waals surface area contributed by atoms with Crippen LogP contribution in [-0.2, 0) is 4.74 Å². The van der Waals surface area contributed by atoms with Gasteiger partial charge in [-0.1, -0.05) is 13.8 Å². The number of aliphatic hydroxyl groups is 1. The van der Waals surface area contributed by atoms with Crippen LogP contribution in [0.15, 0.2) is 0 Å². The summed E-state index contributed by atoms with van der Waals surface area (Å²) in [7, 11) is 0. The molecule has 2 N–H and O–H groups in total. The van der Waals surface area contributed by atoms with E-state index in [0.29, 0.717) is 12.0 Å². The minimum Gasteiger partial charge on any atom is -0.394 e. The van der Waals surface area contributed by atoms with Crippen LogP contribution >= 0.6 is 0 Å². The van der Waals surface area contributed by atoms with E-state index in [0.717, 1.165) is 19.6 Å². The van der Waals surface area contributed by atoms with Crippen LogP contribution in [0.4, 0.5) is 0 Å². The lowest BCUT2D eigenvalue weighted by atomic mass is 9.99. The molecule has 0 aliphatic heterocycles. The van der Waals surface area contributed by atoms with Crippen LogP contribution in [0.1, 0.15) is 40.0 Å². The van der Waals surface area contributed by atoms with Crippen molar-refractivity contribution in [3.05, 3.63) is 0 Å². The monoisotopic (exact) mass is 215 g/mol. The molecular formula is C12H25NO2. The highest BCUT2D eigenvalue weighted by Crippen LogP contribution is 2.23. The third kappa shape index (κ3) is 5.50. The molecule has 3 nitrogen and oxygen atoms in total. The second-order valence-electron chi connectivity index (χ2n) is 5.36. The van der Waals surface area contributed by atoms with Gasteiger partial charge in [0.05, 0.1) is 6.61 Å². The maximum Gasteiger partial charge on any atom is 0.0611 e. The van der Waals surface area contributed by atoms with Crippen molar-refractivity contribution in [2.45, 2.75) is 51.6 Å². The molecule has 1 saturated carbocycles. The zero-order valence-electron chi connectivity index (χ0n) is 10.3. The molecular weight excluding hydrogens is 190 g/mol. The molecule has 1 aliphatic rings. The van der Waals surface area contributed by atoms with E-state index in [1.165, 1.54) is 12.8 Å². The highest BCUT2D eigenvalue weighted by Gasteiger charge is 2.31. The van der Waals surface area contributed by atoms with Crippen LogP contribution in [0.2, 0.25) is 0 Å². The van der Waals surface area contributed by atoms with E-state index in [1.807, 2.05) is 0 Å². The molecule has 0 radical (unpaired) electrons. The van der Waals surface area contributed by atoms with Gasteiger partial charge in [0.2, 0.25) is 0 Å². The van der Waals surface area contributed by atoms with E-state index < -0.39 is 0 Å². The Morgan fingerprint density at radius 1 is 1.47 bits per heavy atom. The first-order valence-electron chi connectivity index (χ1n) is 6.02. The standard InChI is InChI=1S/C12H25NO2/c1-10(2)8-15-7-6-12(3,9-14)13-11-4-5-11/h10-11,13-14H,4-9H2,1-3H3. The van der Waals surface area contributed by atoms with Crippen molar-refractivity contribution in [3.8, 4) is 0 Å². The lowest BCUT2D eigenvalue weighted by molar-refractivity contribution is 0.0723. The average Bonchev–Trinajstić information content (AvgIpc) is 2.96. The number of aliphatic hydroxyl groups excluding tert-OH is 1. The lowest BCUT2D eigenvalue weighted by Gasteiger charge is -2.29. The first-order valence-corrected chi connectivity index (χ1v) is 6.02. The summed E-state index contributed by atoms with van der Waals surface area (Å²) in [6.45, 7) is 8.10. The van der Waals surface area contributed by atoms with Crippen molar-refractivity contribution in [2.24, 2.45) is 5.92 Å². The molecule has 90 valence electrons.